The first-order valence-electron chi connectivity index (χ1n) is 5.71. The van der Waals surface area contributed by atoms with E-state index in [0.717, 1.165) is 22.9 Å². The summed E-state index contributed by atoms with van der Waals surface area (Å²) in [5, 5.41) is 5.07. The molecule has 4 heteroatoms. The van der Waals surface area contributed by atoms with Crippen LogP contribution < -0.4 is 0 Å². The smallest absolute Gasteiger partial charge is 0.134 e. The number of hydrogen-bond acceptors (Lipinski definition) is 3. The second-order valence-corrected chi connectivity index (χ2v) is 5.21. The number of fused-ring (bicyclic) bond motifs is 2. The second-order valence-electron chi connectivity index (χ2n) is 4.76. The SMILES string of the molecule is Cc1cc(C2=C(Cl)CC3CCC2N3C)no1. The molecule has 3 heterocycles. The lowest BCUT2D eigenvalue weighted by atomic mass is 9.98. The minimum atomic E-state index is 0.427. The van der Waals surface area contributed by atoms with Crippen molar-refractivity contribution >= 4 is 17.2 Å². The summed E-state index contributed by atoms with van der Waals surface area (Å²) in [7, 11) is 2.18. The van der Waals surface area contributed by atoms with Gasteiger partial charge in [-0.3, -0.25) is 4.90 Å². The van der Waals surface area contributed by atoms with Crippen molar-refractivity contribution in [3.05, 3.63) is 22.6 Å². The van der Waals surface area contributed by atoms with Gasteiger partial charge < -0.3 is 4.52 Å². The average molecular weight is 239 g/mol. The van der Waals surface area contributed by atoms with Crippen molar-refractivity contribution in [3.63, 3.8) is 0 Å². The van der Waals surface area contributed by atoms with Crippen LogP contribution >= 0.6 is 11.6 Å². The summed E-state index contributed by atoms with van der Waals surface area (Å²) >= 11 is 6.39. The Kier molecular flexibility index (Phi) is 2.33. The van der Waals surface area contributed by atoms with Gasteiger partial charge in [-0.2, -0.15) is 0 Å². The van der Waals surface area contributed by atoms with Crippen LogP contribution in [0, 0.1) is 6.92 Å². The van der Waals surface area contributed by atoms with E-state index >= 15 is 0 Å². The van der Waals surface area contributed by atoms with Crippen LogP contribution in [0.1, 0.15) is 30.7 Å². The third-order valence-corrected chi connectivity index (χ3v) is 4.14. The molecule has 0 amide bonds. The molecule has 0 N–H and O–H groups in total. The Hall–Kier alpha value is -0.800. The van der Waals surface area contributed by atoms with Crippen molar-refractivity contribution in [3.8, 4) is 0 Å². The highest BCUT2D eigenvalue weighted by Gasteiger charge is 2.39. The summed E-state index contributed by atoms with van der Waals surface area (Å²) in [5.41, 5.74) is 2.09. The standard InChI is InChI=1S/C12H15ClN2O/c1-7-5-10(14-16-7)12-9(13)6-8-3-4-11(12)15(8)2/h5,8,11H,3-4,6H2,1-2H3. The quantitative estimate of drug-likeness (QED) is 0.754. The Bertz CT molecular complexity index is 452. The van der Waals surface area contributed by atoms with Gasteiger partial charge in [0.15, 0.2) is 0 Å². The van der Waals surface area contributed by atoms with Gasteiger partial charge in [0, 0.05) is 28.8 Å². The largest absolute Gasteiger partial charge is 0.361 e. The summed E-state index contributed by atoms with van der Waals surface area (Å²) in [4.78, 5) is 2.42. The maximum atomic E-state index is 6.39. The van der Waals surface area contributed by atoms with E-state index in [9.17, 15) is 0 Å². The van der Waals surface area contributed by atoms with E-state index in [-0.39, 0.29) is 0 Å². The number of halogens is 1. The van der Waals surface area contributed by atoms with Gasteiger partial charge in [-0.15, -0.1) is 0 Å². The number of likely N-dealkylation sites (N-methyl/N-ethyl adjacent to an activating group) is 1. The fraction of sp³-hybridized carbons (Fsp3) is 0.583. The number of aromatic nitrogens is 1. The Morgan fingerprint density at radius 1 is 1.50 bits per heavy atom. The van der Waals surface area contributed by atoms with E-state index in [1.54, 1.807) is 0 Å². The fourth-order valence-electron chi connectivity index (χ4n) is 2.91. The molecule has 1 aromatic rings. The molecular formula is C12H15ClN2O. The van der Waals surface area contributed by atoms with Crippen LogP contribution in [0.4, 0.5) is 0 Å². The number of hydrogen-bond donors (Lipinski definition) is 0. The number of rotatable bonds is 1. The van der Waals surface area contributed by atoms with E-state index in [1.165, 1.54) is 18.4 Å². The van der Waals surface area contributed by atoms with Crippen LogP contribution in [0.2, 0.25) is 0 Å². The van der Waals surface area contributed by atoms with Gasteiger partial charge in [0.1, 0.15) is 11.5 Å². The van der Waals surface area contributed by atoms with Gasteiger partial charge >= 0.3 is 0 Å². The van der Waals surface area contributed by atoms with Crippen LogP contribution in [0.3, 0.4) is 0 Å². The van der Waals surface area contributed by atoms with Gasteiger partial charge in [-0.1, -0.05) is 16.8 Å². The molecule has 0 aliphatic carbocycles. The van der Waals surface area contributed by atoms with Gasteiger partial charge in [-0.05, 0) is 33.2 Å². The third-order valence-electron chi connectivity index (χ3n) is 3.79. The molecule has 86 valence electrons. The molecule has 2 aliphatic rings. The normalized spacial score (nSPS) is 30.2. The fourth-order valence-corrected chi connectivity index (χ4v) is 3.31. The molecule has 0 saturated carbocycles. The minimum Gasteiger partial charge on any atom is -0.361 e. The van der Waals surface area contributed by atoms with Gasteiger partial charge in [0.2, 0.25) is 0 Å². The second kappa shape index (κ2) is 3.60. The molecular weight excluding hydrogens is 224 g/mol. The molecule has 2 unspecified atom stereocenters. The summed E-state index contributed by atoms with van der Waals surface area (Å²) in [5.74, 6) is 0.842. The third kappa shape index (κ3) is 1.42. The van der Waals surface area contributed by atoms with Crippen LogP contribution in [-0.4, -0.2) is 29.2 Å². The van der Waals surface area contributed by atoms with Crippen molar-refractivity contribution in [2.24, 2.45) is 0 Å². The van der Waals surface area contributed by atoms with Crippen molar-refractivity contribution in [1.29, 1.82) is 0 Å². The molecule has 1 fully saturated rings. The molecule has 1 aromatic heterocycles. The minimum absolute atomic E-state index is 0.427. The van der Waals surface area contributed by atoms with E-state index in [4.69, 9.17) is 16.1 Å². The summed E-state index contributed by atoms with van der Waals surface area (Å²) in [6.07, 6.45) is 3.37. The van der Waals surface area contributed by atoms with Gasteiger partial charge in [0.05, 0.1) is 0 Å². The van der Waals surface area contributed by atoms with Crippen molar-refractivity contribution < 1.29 is 4.52 Å². The predicted molar refractivity (Wildman–Crippen MR) is 63.2 cm³/mol. The molecule has 2 aliphatic heterocycles. The van der Waals surface area contributed by atoms with Crippen molar-refractivity contribution in [1.82, 2.24) is 10.1 Å². The van der Waals surface area contributed by atoms with E-state index < -0.39 is 0 Å². The molecule has 0 spiro atoms. The Labute approximate surface area is 100 Å². The van der Waals surface area contributed by atoms with Crippen LogP contribution in [0.15, 0.2) is 15.6 Å². The van der Waals surface area contributed by atoms with E-state index in [2.05, 4.69) is 17.1 Å². The summed E-state index contributed by atoms with van der Waals surface area (Å²) < 4.78 is 5.15. The first-order valence-corrected chi connectivity index (χ1v) is 6.09. The highest BCUT2D eigenvalue weighted by atomic mass is 35.5. The molecule has 0 radical (unpaired) electrons. The first kappa shape index (κ1) is 10.4. The molecule has 16 heavy (non-hydrogen) atoms. The van der Waals surface area contributed by atoms with Crippen molar-refractivity contribution in [2.75, 3.05) is 7.05 Å². The average Bonchev–Trinajstić information content (AvgIpc) is 2.73. The van der Waals surface area contributed by atoms with Gasteiger partial charge in [-0.25, -0.2) is 0 Å². The lowest BCUT2D eigenvalue weighted by molar-refractivity contribution is 0.264. The Morgan fingerprint density at radius 3 is 3.00 bits per heavy atom. The van der Waals surface area contributed by atoms with E-state index in [1.807, 2.05) is 13.0 Å². The van der Waals surface area contributed by atoms with Crippen LogP contribution in [0.25, 0.3) is 5.57 Å². The summed E-state index contributed by atoms with van der Waals surface area (Å²) in [6.45, 7) is 1.91. The lowest BCUT2D eigenvalue weighted by Gasteiger charge is -2.32. The Morgan fingerprint density at radius 2 is 2.31 bits per heavy atom. The first-order chi connectivity index (χ1) is 7.66. The highest BCUT2D eigenvalue weighted by molar-refractivity contribution is 6.33. The lowest BCUT2D eigenvalue weighted by Crippen LogP contribution is -2.36. The topological polar surface area (TPSA) is 29.3 Å². The van der Waals surface area contributed by atoms with E-state index in [0.29, 0.717) is 12.1 Å². The predicted octanol–water partition coefficient (Wildman–Crippen LogP) is 2.80. The maximum Gasteiger partial charge on any atom is 0.134 e. The zero-order chi connectivity index (χ0) is 11.3. The van der Waals surface area contributed by atoms with Crippen molar-refractivity contribution in [2.45, 2.75) is 38.3 Å². The van der Waals surface area contributed by atoms with Gasteiger partial charge in [0.25, 0.3) is 0 Å². The van der Waals surface area contributed by atoms with Crippen LogP contribution in [-0.2, 0) is 0 Å². The highest BCUT2D eigenvalue weighted by Crippen LogP contribution is 2.43. The molecule has 3 rings (SSSR count). The number of aryl methyl sites for hydroxylation is 1. The molecule has 2 atom stereocenters. The summed E-state index contributed by atoms with van der Waals surface area (Å²) in [6, 6.07) is 3.02. The van der Waals surface area contributed by atoms with Crippen LogP contribution in [0.5, 0.6) is 0 Å². The molecule has 0 aromatic carbocycles. The molecule has 2 bridgehead atoms. The zero-order valence-corrected chi connectivity index (χ0v) is 10.3. The monoisotopic (exact) mass is 238 g/mol. The number of nitrogens with zero attached hydrogens (tertiary/aromatic N) is 2. The Balaban J connectivity index is 2.05. The molecule has 1 saturated heterocycles. The maximum absolute atomic E-state index is 6.39. The zero-order valence-electron chi connectivity index (χ0n) is 9.53. The molecule has 3 nitrogen and oxygen atoms in total.